The van der Waals surface area contributed by atoms with Crippen LogP contribution in [0.1, 0.15) is 24.3 Å². The summed E-state index contributed by atoms with van der Waals surface area (Å²) in [6.45, 7) is 0. The van der Waals surface area contributed by atoms with E-state index in [1.807, 2.05) is 0 Å². The van der Waals surface area contributed by atoms with E-state index < -0.39 is 0 Å². The van der Waals surface area contributed by atoms with Crippen LogP contribution in [0.5, 0.6) is 0 Å². The Balaban J connectivity index is 1.94. The quantitative estimate of drug-likeness (QED) is 0.597. The lowest BCUT2D eigenvalue weighted by atomic mass is 9.86. The summed E-state index contributed by atoms with van der Waals surface area (Å²) >= 11 is 0. The van der Waals surface area contributed by atoms with Crippen LogP contribution in [0.25, 0.3) is 0 Å². The van der Waals surface area contributed by atoms with Gasteiger partial charge in [0.25, 0.3) is 0 Å². The Labute approximate surface area is 91.3 Å². The van der Waals surface area contributed by atoms with Gasteiger partial charge in [-0.25, -0.2) is 0 Å². The first-order valence-electron chi connectivity index (χ1n) is 5.83. The highest BCUT2D eigenvalue weighted by atomic mass is 14.3. The highest BCUT2D eigenvalue weighted by molar-refractivity contribution is 5.29. The van der Waals surface area contributed by atoms with Crippen LogP contribution in [-0.4, -0.2) is 0 Å². The first-order chi connectivity index (χ1) is 7.43. The molecule has 15 heavy (non-hydrogen) atoms. The van der Waals surface area contributed by atoms with Gasteiger partial charge in [-0.1, -0.05) is 54.6 Å². The van der Waals surface area contributed by atoms with Gasteiger partial charge in [0.05, 0.1) is 0 Å². The Kier molecular flexibility index (Phi) is 2.21. The number of allylic oxidation sites excluding steroid dienone is 4. The lowest BCUT2D eigenvalue weighted by molar-refractivity contribution is 0.508. The second-order valence-electron chi connectivity index (χ2n) is 4.64. The number of hydrogen-bond acceptors (Lipinski definition) is 0. The zero-order valence-electron chi connectivity index (χ0n) is 8.84. The highest BCUT2D eigenvalue weighted by Crippen LogP contribution is 2.40. The minimum Gasteiger partial charge on any atom is -0.0873 e. The average Bonchev–Trinajstić information content (AvgIpc) is 2.61. The number of fused-ring (bicyclic) bond motifs is 2. The van der Waals surface area contributed by atoms with Crippen molar-refractivity contribution in [3.8, 4) is 0 Å². The van der Waals surface area contributed by atoms with E-state index in [9.17, 15) is 0 Å². The summed E-state index contributed by atoms with van der Waals surface area (Å²) in [4.78, 5) is 0. The third-order valence-corrected chi connectivity index (χ3v) is 3.63. The molecule has 0 aliphatic heterocycles. The molecule has 0 heterocycles. The maximum absolute atomic E-state index is 2.42. The molecule has 2 bridgehead atoms. The fourth-order valence-electron chi connectivity index (χ4n) is 2.82. The first-order valence-corrected chi connectivity index (χ1v) is 5.83. The summed E-state index contributed by atoms with van der Waals surface area (Å²) in [7, 11) is 0. The molecular weight excluding hydrogens is 180 g/mol. The molecule has 0 heteroatoms. The molecule has 1 aromatic rings. The van der Waals surface area contributed by atoms with Crippen molar-refractivity contribution in [2.24, 2.45) is 11.8 Å². The zero-order valence-corrected chi connectivity index (χ0v) is 8.84. The maximum Gasteiger partial charge on any atom is 0.00810 e. The lowest BCUT2D eigenvalue weighted by Gasteiger charge is -2.18. The smallest absolute Gasteiger partial charge is 0.00810 e. The molecule has 0 fully saturated rings. The van der Waals surface area contributed by atoms with Crippen LogP contribution < -0.4 is 0 Å². The van der Waals surface area contributed by atoms with Gasteiger partial charge < -0.3 is 0 Å². The maximum atomic E-state index is 2.42. The van der Waals surface area contributed by atoms with Crippen molar-refractivity contribution in [3.05, 3.63) is 60.2 Å². The van der Waals surface area contributed by atoms with Crippen LogP contribution in [-0.2, 0) is 0 Å². The Bertz CT molecular complexity index is 386. The van der Waals surface area contributed by atoms with Crippen molar-refractivity contribution in [1.82, 2.24) is 0 Å². The third-order valence-electron chi connectivity index (χ3n) is 3.63. The summed E-state index contributed by atoms with van der Waals surface area (Å²) in [6.07, 6.45) is 12.2. The van der Waals surface area contributed by atoms with Crippen molar-refractivity contribution < 1.29 is 0 Å². The molecule has 2 aliphatic carbocycles. The molecule has 0 unspecified atom stereocenters. The van der Waals surface area contributed by atoms with Crippen LogP contribution >= 0.6 is 0 Å². The Morgan fingerprint density at radius 3 is 2.67 bits per heavy atom. The molecule has 0 saturated heterocycles. The molecule has 1 aromatic carbocycles. The van der Waals surface area contributed by atoms with Crippen molar-refractivity contribution in [2.45, 2.75) is 18.8 Å². The van der Waals surface area contributed by atoms with E-state index in [2.05, 4.69) is 54.6 Å². The minimum atomic E-state index is 0.606. The normalized spacial score (nSPS) is 32.9. The fourth-order valence-corrected chi connectivity index (χ4v) is 2.82. The second kappa shape index (κ2) is 3.69. The second-order valence-corrected chi connectivity index (χ2v) is 4.64. The zero-order chi connectivity index (χ0) is 10.1. The molecule has 3 rings (SSSR count). The molecule has 0 radical (unpaired) electrons. The minimum absolute atomic E-state index is 0.606. The summed E-state index contributed by atoms with van der Waals surface area (Å²) in [5.41, 5.74) is 1.46. The molecule has 0 spiro atoms. The summed E-state index contributed by atoms with van der Waals surface area (Å²) < 4.78 is 0. The van der Waals surface area contributed by atoms with Crippen LogP contribution in [0.4, 0.5) is 0 Å². The van der Waals surface area contributed by atoms with Gasteiger partial charge >= 0.3 is 0 Å². The Hall–Kier alpha value is -1.30. The summed E-state index contributed by atoms with van der Waals surface area (Å²) in [5, 5.41) is 0. The van der Waals surface area contributed by atoms with Crippen molar-refractivity contribution >= 4 is 0 Å². The van der Waals surface area contributed by atoms with Crippen LogP contribution in [0.3, 0.4) is 0 Å². The van der Waals surface area contributed by atoms with E-state index >= 15 is 0 Å². The Morgan fingerprint density at radius 1 is 0.933 bits per heavy atom. The largest absolute Gasteiger partial charge is 0.0873 e. The van der Waals surface area contributed by atoms with Crippen LogP contribution in [0.2, 0.25) is 0 Å². The monoisotopic (exact) mass is 196 g/mol. The van der Waals surface area contributed by atoms with E-state index in [0.29, 0.717) is 5.92 Å². The molecule has 0 aromatic heterocycles. The SMILES string of the molecule is C1=C[C@H](c2ccccc2)[C@H]2C=C[C@@H](C1)C2. The predicted molar refractivity (Wildman–Crippen MR) is 63.7 cm³/mol. The van der Waals surface area contributed by atoms with Crippen molar-refractivity contribution in [3.63, 3.8) is 0 Å². The summed E-state index contributed by atoms with van der Waals surface area (Å²) in [5.74, 6) is 2.14. The van der Waals surface area contributed by atoms with E-state index in [-0.39, 0.29) is 0 Å². The van der Waals surface area contributed by atoms with Gasteiger partial charge in [-0.2, -0.15) is 0 Å². The predicted octanol–water partition coefficient (Wildman–Crippen LogP) is 3.92. The molecular formula is C15H16. The summed E-state index contributed by atoms with van der Waals surface area (Å²) in [6, 6.07) is 10.9. The number of benzene rings is 1. The van der Waals surface area contributed by atoms with E-state index in [1.165, 1.54) is 18.4 Å². The molecule has 0 nitrogen and oxygen atoms in total. The molecule has 0 N–H and O–H groups in total. The molecule has 0 amide bonds. The first kappa shape index (κ1) is 8.96. The molecule has 0 saturated carbocycles. The van der Waals surface area contributed by atoms with E-state index in [4.69, 9.17) is 0 Å². The van der Waals surface area contributed by atoms with Gasteiger partial charge in [-0.05, 0) is 30.2 Å². The van der Waals surface area contributed by atoms with Crippen LogP contribution in [0, 0.1) is 11.8 Å². The van der Waals surface area contributed by atoms with Gasteiger partial charge in [0.1, 0.15) is 0 Å². The topological polar surface area (TPSA) is 0 Å². The number of hydrogen-bond donors (Lipinski definition) is 0. The van der Waals surface area contributed by atoms with E-state index in [1.54, 1.807) is 0 Å². The van der Waals surface area contributed by atoms with Gasteiger partial charge in [-0.15, -0.1) is 0 Å². The highest BCUT2D eigenvalue weighted by Gasteiger charge is 2.27. The molecule has 76 valence electrons. The van der Waals surface area contributed by atoms with Gasteiger partial charge in [0.15, 0.2) is 0 Å². The third kappa shape index (κ3) is 1.65. The Morgan fingerprint density at radius 2 is 1.80 bits per heavy atom. The van der Waals surface area contributed by atoms with Crippen LogP contribution in [0.15, 0.2) is 54.6 Å². The average molecular weight is 196 g/mol. The van der Waals surface area contributed by atoms with Gasteiger partial charge in [0, 0.05) is 5.92 Å². The van der Waals surface area contributed by atoms with Gasteiger partial charge in [0.2, 0.25) is 0 Å². The van der Waals surface area contributed by atoms with E-state index in [0.717, 1.165) is 11.8 Å². The fraction of sp³-hybridized carbons (Fsp3) is 0.333. The molecule has 2 aliphatic rings. The van der Waals surface area contributed by atoms with Gasteiger partial charge in [-0.3, -0.25) is 0 Å². The van der Waals surface area contributed by atoms with Crippen molar-refractivity contribution in [1.29, 1.82) is 0 Å². The lowest BCUT2D eigenvalue weighted by Crippen LogP contribution is -2.06. The van der Waals surface area contributed by atoms with Crippen molar-refractivity contribution in [2.75, 3.05) is 0 Å². The number of rotatable bonds is 1. The standard InChI is InChI=1S/C15H16/c1-2-6-13(7-3-1)15-8-4-5-12-9-10-14(15)11-12/h1-4,6-10,12,14-15H,5,11H2/t12-,14+,15-/m1/s1. The molecule has 3 atom stereocenters.